The molecule has 1 atom stereocenters. The summed E-state index contributed by atoms with van der Waals surface area (Å²) >= 11 is 3.44. The summed E-state index contributed by atoms with van der Waals surface area (Å²) in [4.78, 5) is 0. The van der Waals surface area contributed by atoms with E-state index >= 15 is 0 Å². The normalized spacial score (nSPS) is 16.4. The first-order valence-electron chi connectivity index (χ1n) is 1.59. The highest BCUT2D eigenvalue weighted by molar-refractivity contribution is 8.01. The van der Waals surface area contributed by atoms with E-state index in [4.69, 9.17) is 4.55 Å². The lowest BCUT2D eigenvalue weighted by Crippen LogP contribution is -2.08. The van der Waals surface area contributed by atoms with E-state index in [2.05, 4.69) is 12.6 Å². The molecule has 1 unspecified atom stereocenters. The summed E-state index contributed by atoms with van der Waals surface area (Å²) in [6.07, 6.45) is 0. The van der Waals surface area contributed by atoms with Crippen LogP contribution in [0.3, 0.4) is 0 Å². The Kier molecular flexibility index (Phi) is 2.09. The Hall–Kier alpha value is 0.260. The van der Waals surface area contributed by atoms with Gasteiger partial charge < -0.3 is 0 Å². The molecule has 3 nitrogen and oxygen atoms in total. The van der Waals surface area contributed by atoms with Gasteiger partial charge >= 0.3 is 0 Å². The van der Waals surface area contributed by atoms with Crippen molar-refractivity contribution in [3.8, 4) is 0 Å². The van der Waals surface area contributed by atoms with Crippen molar-refractivity contribution in [1.29, 1.82) is 0 Å². The fourth-order valence-electron chi connectivity index (χ4n) is 0. The average molecular weight is 142 g/mol. The first-order chi connectivity index (χ1) is 2.94. The molecule has 0 aliphatic carbocycles. The van der Waals surface area contributed by atoms with Crippen molar-refractivity contribution < 1.29 is 13.0 Å². The number of hydrogen-bond donors (Lipinski definition) is 2. The second-order valence-corrected chi connectivity index (χ2v) is 3.98. The Labute approximate surface area is 47.9 Å². The molecule has 0 saturated carbocycles. The number of rotatable bonds is 1. The van der Waals surface area contributed by atoms with Crippen molar-refractivity contribution in [1.82, 2.24) is 0 Å². The molecule has 0 aliphatic rings. The Balaban J connectivity index is 4.10. The molecule has 0 heterocycles. The second-order valence-electron chi connectivity index (χ2n) is 1.11. The number of hydrogen-bond acceptors (Lipinski definition) is 3. The SMILES string of the molecule is CC(S)S(=O)(=O)O. The van der Waals surface area contributed by atoms with Gasteiger partial charge in [0.05, 0.1) is 0 Å². The summed E-state index contributed by atoms with van der Waals surface area (Å²) in [5.74, 6) is 0. The molecule has 0 fully saturated rings. The van der Waals surface area contributed by atoms with Crippen LogP contribution in [0.25, 0.3) is 0 Å². The summed E-state index contributed by atoms with van der Waals surface area (Å²) < 4.78 is 26.6. The minimum Gasteiger partial charge on any atom is -0.285 e. The molecule has 0 aromatic rings. The predicted octanol–water partition coefficient (Wildman–Crippen LogP) is 0.150. The average Bonchev–Trinajstić information content (AvgIpc) is 1.31. The first-order valence-corrected chi connectivity index (χ1v) is 3.61. The van der Waals surface area contributed by atoms with Crippen LogP contribution in [0.4, 0.5) is 0 Å². The summed E-state index contributed by atoms with van der Waals surface area (Å²) in [5, 5.41) is 0. The van der Waals surface area contributed by atoms with Crippen LogP contribution in [0, 0.1) is 0 Å². The van der Waals surface area contributed by atoms with Crippen molar-refractivity contribution in [2.45, 2.75) is 11.5 Å². The standard InChI is InChI=1S/C2H6O3S2/c1-2(6)7(3,4)5/h2,6H,1H3,(H,3,4,5). The maximum atomic E-state index is 9.81. The van der Waals surface area contributed by atoms with Crippen molar-refractivity contribution in [2.75, 3.05) is 0 Å². The molecule has 5 heteroatoms. The van der Waals surface area contributed by atoms with E-state index in [1.165, 1.54) is 6.92 Å². The zero-order valence-electron chi connectivity index (χ0n) is 3.70. The molecular formula is C2H6O3S2. The molecule has 7 heavy (non-hydrogen) atoms. The van der Waals surface area contributed by atoms with Crippen molar-refractivity contribution in [3.63, 3.8) is 0 Å². The molecule has 0 spiro atoms. The van der Waals surface area contributed by atoms with Crippen LogP contribution in [0.5, 0.6) is 0 Å². The topological polar surface area (TPSA) is 54.4 Å². The van der Waals surface area contributed by atoms with Gasteiger partial charge in [-0.15, -0.1) is 0 Å². The van der Waals surface area contributed by atoms with Gasteiger partial charge in [-0.2, -0.15) is 21.0 Å². The summed E-state index contributed by atoms with van der Waals surface area (Å²) in [7, 11) is -3.88. The molecular weight excluding hydrogens is 136 g/mol. The monoisotopic (exact) mass is 142 g/mol. The Morgan fingerprint density at radius 3 is 1.86 bits per heavy atom. The van der Waals surface area contributed by atoms with Crippen molar-refractivity contribution >= 4 is 22.7 Å². The minimum absolute atomic E-state index is 0.979. The lowest BCUT2D eigenvalue weighted by Gasteiger charge is -1.93. The van der Waals surface area contributed by atoms with Crippen LogP contribution in [-0.2, 0) is 10.1 Å². The largest absolute Gasteiger partial charge is 0.285 e. The smallest absolute Gasteiger partial charge is 0.276 e. The minimum atomic E-state index is -3.88. The summed E-state index contributed by atoms with van der Waals surface area (Å²) in [6, 6.07) is 0. The highest BCUT2D eigenvalue weighted by Crippen LogP contribution is 1.99. The Morgan fingerprint density at radius 1 is 1.71 bits per heavy atom. The van der Waals surface area contributed by atoms with E-state index in [-0.39, 0.29) is 0 Å². The zero-order valence-corrected chi connectivity index (χ0v) is 5.41. The van der Waals surface area contributed by atoms with Crippen LogP contribution in [0.2, 0.25) is 0 Å². The van der Waals surface area contributed by atoms with E-state index in [1.54, 1.807) is 0 Å². The summed E-state index contributed by atoms with van der Waals surface area (Å²) in [6.45, 7) is 1.28. The predicted molar refractivity (Wildman–Crippen MR) is 30.0 cm³/mol. The molecule has 0 saturated heterocycles. The van der Waals surface area contributed by atoms with Crippen LogP contribution in [-0.4, -0.2) is 17.6 Å². The highest BCUT2D eigenvalue weighted by Gasteiger charge is 2.09. The molecule has 0 aromatic carbocycles. The van der Waals surface area contributed by atoms with E-state index in [0.717, 1.165) is 0 Å². The van der Waals surface area contributed by atoms with E-state index < -0.39 is 14.7 Å². The van der Waals surface area contributed by atoms with Gasteiger partial charge in [-0.1, -0.05) is 0 Å². The molecule has 0 rings (SSSR count). The maximum absolute atomic E-state index is 9.81. The Morgan fingerprint density at radius 2 is 1.86 bits per heavy atom. The molecule has 0 aromatic heterocycles. The quantitative estimate of drug-likeness (QED) is 0.405. The molecule has 0 bridgehead atoms. The lowest BCUT2D eigenvalue weighted by atomic mass is 11.0. The third-order valence-electron chi connectivity index (χ3n) is 0.431. The van der Waals surface area contributed by atoms with Crippen molar-refractivity contribution in [2.24, 2.45) is 0 Å². The maximum Gasteiger partial charge on any atom is 0.276 e. The molecule has 0 radical (unpaired) electrons. The van der Waals surface area contributed by atoms with E-state index in [9.17, 15) is 8.42 Å². The van der Waals surface area contributed by atoms with Gasteiger partial charge in [0, 0.05) is 0 Å². The van der Waals surface area contributed by atoms with Crippen LogP contribution < -0.4 is 0 Å². The van der Waals surface area contributed by atoms with Gasteiger partial charge in [0.1, 0.15) is 4.58 Å². The third-order valence-corrected chi connectivity index (χ3v) is 2.09. The summed E-state index contributed by atoms with van der Waals surface area (Å²) in [5.41, 5.74) is 0. The van der Waals surface area contributed by atoms with E-state index in [0.29, 0.717) is 0 Å². The molecule has 0 aliphatic heterocycles. The van der Waals surface area contributed by atoms with Gasteiger partial charge in [0.2, 0.25) is 0 Å². The molecule has 44 valence electrons. The number of thiol groups is 1. The van der Waals surface area contributed by atoms with Crippen LogP contribution in [0.15, 0.2) is 0 Å². The molecule has 1 N–H and O–H groups in total. The van der Waals surface area contributed by atoms with Crippen LogP contribution >= 0.6 is 12.6 Å². The Bertz CT molecular complexity index is 133. The second kappa shape index (κ2) is 2.02. The van der Waals surface area contributed by atoms with Crippen LogP contribution in [0.1, 0.15) is 6.92 Å². The van der Waals surface area contributed by atoms with Gasteiger partial charge in [0.15, 0.2) is 0 Å². The fourth-order valence-corrected chi connectivity index (χ4v) is 0. The van der Waals surface area contributed by atoms with E-state index in [1.807, 2.05) is 0 Å². The van der Waals surface area contributed by atoms with Gasteiger partial charge in [0.25, 0.3) is 10.1 Å². The first kappa shape index (κ1) is 7.26. The van der Waals surface area contributed by atoms with Gasteiger partial charge in [-0.05, 0) is 6.92 Å². The zero-order chi connectivity index (χ0) is 6.08. The van der Waals surface area contributed by atoms with Crippen molar-refractivity contribution in [3.05, 3.63) is 0 Å². The highest BCUT2D eigenvalue weighted by atomic mass is 32.3. The molecule has 0 amide bonds. The lowest BCUT2D eigenvalue weighted by molar-refractivity contribution is 0.482. The fraction of sp³-hybridized carbons (Fsp3) is 1.00. The van der Waals surface area contributed by atoms with Gasteiger partial charge in [-0.25, -0.2) is 0 Å². The third kappa shape index (κ3) is 2.90. The van der Waals surface area contributed by atoms with Gasteiger partial charge in [-0.3, -0.25) is 4.55 Å².